The van der Waals surface area contributed by atoms with Gasteiger partial charge >= 0.3 is 0 Å². The quantitative estimate of drug-likeness (QED) is 0.275. The van der Waals surface area contributed by atoms with Gasteiger partial charge in [0.1, 0.15) is 34.8 Å². The van der Waals surface area contributed by atoms with Gasteiger partial charge in [-0.15, -0.1) is 0 Å². The van der Waals surface area contributed by atoms with Crippen molar-refractivity contribution in [1.29, 1.82) is 0 Å². The van der Waals surface area contributed by atoms with Crippen molar-refractivity contribution in [2.75, 3.05) is 9.80 Å². The first-order valence-corrected chi connectivity index (χ1v) is 11.0. The van der Waals surface area contributed by atoms with E-state index in [1.165, 1.54) is 36.7 Å². The molecule has 3 aromatic heterocycles. The average molecular weight is 479 g/mol. The van der Waals surface area contributed by atoms with Crippen LogP contribution in [0.1, 0.15) is 0 Å². The molecule has 0 aliphatic rings. The number of anilines is 6. The van der Waals surface area contributed by atoms with Crippen LogP contribution in [0.2, 0.25) is 0 Å². The zero-order valence-electron chi connectivity index (χ0n) is 18.9. The Hall–Kier alpha value is -5.31. The molecule has 0 aliphatic heterocycles. The third-order valence-electron chi connectivity index (χ3n) is 5.35. The minimum atomic E-state index is -0.201. The number of hydrogen-bond acceptors (Lipinski definition) is 7. The van der Waals surface area contributed by atoms with Gasteiger partial charge in [0, 0.05) is 48.8 Å². The summed E-state index contributed by atoms with van der Waals surface area (Å²) in [6.07, 6.45) is 3.07. The Bertz CT molecular complexity index is 1530. The Morgan fingerprint density at radius 3 is 1.44 bits per heavy atom. The maximum atomic E-state index is 12.2. The van der Waals surface area contributed by atoms with Crippen molar-refractivity contribution in [3.63, 3.8) is 0 Å². The summed E-state index contributed by atoms with van der Waals surface area (Å²) in [5.74, 6) is 1.85. The Kier molecular flexibility index (Phi) is 5.94. The van der Waals surface area contributed by atoms with E-state index in [4.69, 9.17) is 4.98 Å². The van der Waals surface area contributed by atoms with Gasteiger partial charge in [-0.3, -0.25) is 19.4 Å². The van der Waals surface area contributed by atoms with Gasteiger partial charge in [-0.25, -0.2) is 4.98 Å². The molecule has 0 aliphatic carbocycles. The van der Waals surface area contributed by atoms with E-state index in [9.17, 15) is 19.8 Å². The van der Waals surface area contributed by atoms with Gasteiger partial charge in [0.05, 0.1) is 11.4 Å². The molecule has 5 aromatic rings. The fourth-order valence-corrected chi connectivity index (χ4v) is 3.84. The number of pyridine rings is 3. The Balaban J connectivity index is 1.70. The van der Waals surface area contributed by atoms with Crippen molar-refractivity contribution in [3.8, 4) is 11.5 Å². The monoisotopic (exact) mass is 479 g/mol. The van der Waals surface area contributed by atoms with Crippen molar-refractivity contribution in [2.45, 2.75) is 0 Å². The molecule has 0 bridgehead atoms. The summed E-state index contributed by atoms with van der Waals surface area (Å²) in [7, 11) is 0. The highest BCUT2D eigenvalue weighted by Crippen LogP contribution is 2.37. The van der Waals surface area contributed by atoms with Crippen LogP contribution in [0.15, 0.2) is 113 Å². The van der Waals surface area contributed by atoms with E-state index in [2.05, 4.69) is 9.97 Å². The Morgan fingerprint density at radius 2 is 1.03 bits per heavy atom. The van der Waals surface area contributed by atoms with Crippen molar-refractivity contribution in [3.05, 3.63) is 124 Å². The van der Waals surface area contributed by atoms with E-state index >= 15 is 0 Å². The van der Waals surface area contributed by atoms with E-state index < -0.39 is 0 Å². The average Bonchev–Trinajstić information content (AvgIpc) is 2.85. The molecule has 36 heavy (non-hydrogen) atoms. The lowest BCUT2D eigenvalue weighted by Gasteiger charge is -2.27. The maximum absolute atomic E-state index is 12.2. The lowest BCUT2D eigenvalue weighted by atomic mass is 10.2. The maximum Gasteiger partial charge on any atom is 0.183 e. The topological polar surface area (TPSA) is 126 Å². The van der Waals surface area contributed by atoms with Crippen LogP contribution >= 0.6 is 0 Å². The minimum absolute atomic E-state index is 0.0511. The van der Waals surface area contributed by atoms with Gasteiger partial charge in [0.15, 0.2) is 10.9 Å². The third kappa shape index (κ3) is 4.66. The Labute approximate surface area is 205 Å². The summed E-state index contributed by atoms with van der Waals surface area (Å²) in [6, 6.07) is 24.1. The zero-order valence-corrected chi connectivity index (χ0v) is 18.9. The highest BCUT2D eigenvalue weighted by Gasteiger charge is 2.20. The molecule has 2 aromatic carbocycles. The summed E-state index contributed by atoms with van der Waals surface area (Å²) >= 11 is 0. The van der Waals surface area contributed by atoms with Crippen LogP contribution in [0.25, 0.3) is 0 Å². The second kappa shape index (κ2) is 9.51. The van der Waals surface area contributed by atoms with E-state index in [0.29, 0.717) is 34.6 Å². The van der Waals surface area contributed by atoms with Gasteiger partial charge in [-0.05, 0) is 36.4 Å². The summed E-state index contributed by atoms with van der Waals surface area (Å²) in [6.45, 7) is 0. The van der Waals surface area contributed by atoms with Crippen LogP contribution in [0, 0.1) is 0 Å². The van der Waals surface area contributed by atoms with E-state index in [-0.39, 0.29) is 22.4 Å². The van der Waals surface area contributed by atoms with Crippen LogP contribution in [0.5, 0.6) is 11.5 Å². The van der Waals surface area contributed by atoms with E-state index in [1.54, 1.807) is 76.5 Å². The second-order valence-electron chi connectivity index (χ2n) is 7.88. The van der Waals surface area contributed by atoms with Crippen LogP contribution in [-0.4, -0.2) is 25.2 Å². The van der Waals surface area contributed by atoms with E-state index in [1.807, 2.05) is 0 Å². The van der Waals surface area contributed by atoms with Crippen LogP contribution in [0.4, 0.5) is 34.6 Å². The van der Waals surface area contributed by atoms with Gasteiger partial charge in [0.25, 0.3) is 0 Å². The SMILES string of the molecule is O=c1cc[nH]c(N(c2cccc(O)c2)c2cccc(N(c3cccc(O)c3)c3cc(=O)cc[nH]3)n2)c1. The summed E-state index contributed by atoms with van der Waals surface area (Å²) in [4.78, 5) is 38.7. The predicted octanol–water partition coefficient (Wildman–Crippen LogP) is 4.81. The molecule has 0 saturated carbocycles. The second-order valence-corrected chi connectivity index (χ2v) is 7.88. The number of phenolic OH excluding ortho intramolecular Hbond substituents is 2. The number of phenols is 2. The molecule has 0 fully saturated rings. The molecule has 5 rings (SSSR count). The summed E-state index contributed by atoms with van der Waals surface area (Å²) in [5.41, 5.74) is 0.735. The summed E-state index contributed by atoms with van der Waals surface area (Å²) in [5, 5.41) is 20.2. The number of aromatic hydroxyl groups is 2. The molecule has 0 unspecified atom stereocenters. The molecule has 9 nitrogen and oxygen atoms in total. The van der Waals surface area contributed by atoms with E-state index in [0.717, 1.165) is 0 Å². The molecule has 178 valence electrons. The number of benzene rings is 2. The molecule has 0 radical (unpaired) electrons. The van der Waals surface area contributed by atoms with Crippen LogP contribution < -0.4 is 20.7 Å². The molecule has 0 saturated heterocycles. The first-order chi connectivity index (χ1) is 17.5. The molecule has 9 heteroatoms. The molecule has 0 atom stereocenters. The smallest absolute Gasteiger partial charge is 0.183 e. The van der Waals surface area contributed by atoms with Crippen LogP contribution in [0.3, 0.4) is 0 Å². The number of rotatable bonds is 6. The van der Waals surface area contributed by atoms with Gasteiger partial charge in [-0.1, -0.05) is 18.2 Å². The first kappa shape index (κ1) is 22.5. The molecular weight excluding hydrogens is 458 g/mol. The highest BCUT2D eigenvalue weighted by atomic mass is 16.3. The normalized spacial score (nSPS) is 10.7. The number of hydrogen-bond donors (Lipinski definition) is 4. The number of nitrogens with zero attached hydrogens (tertiary/aromatic N) is 3. The highest BCUT2D eigenvalue weighted by molar-refractivity contribution is 5.77. The zero-order chi connectivity index (χ0) is 25.1. The number of H-pyrrole nitrogens is 2. The fourth-order valence-electron chi connectivity index (χ4n) is 3.84. The van der Waals surface area contributed by atoms with Gasteiger partial charge < -0.3 is 20.2 Å². The largest absolute Gasteiger partial charge is 0.508 e. The number of nitrogens with one attached hydrogen (secondary N) is 2. The minimum Gasteiger partial charge on any atom is -0.508 e. The fraction of sp³-hybridized carbons (Fsp3) is 0. The van der Waals surface area contributed by atoms with Crippen molar-refractivity contribution in [2.24, 2.45) is 0 Å². The molecule has 4 N–H and O–H groups in total. The van der Waals surface area contributed by atoms with Crippen LogP contribution in [-0.2, 0) is 0 Å². The molecular formula is C27H21N5O4. The van der Waals surface area contributed by atoms with Crippen molar-refractivity contribution < 1.29 is 10.2 Å². The van der Waals surface area contributed by atoms with Crippen molar-refractivity contribution >= 4 is 34.6 Å². The lowest BCUT2D eigenvalue weighted by molar-refractivity contribution is 0.475. The third-order valence-corrected chi connectivity index (χ3v) is 5.35. The van der Waals surface area contributed by atoms with Gasteiger partial charge in [-0.2, -0.15) is 0 Å². The standard InChI is InChI=1S/C27H21N5O4/c33-20-6-1-4-18(14-20)31(26-16-22(35)10-12-28-26)24-8-3-9-25(30-24)32(19-5-2-7-21(34)15-19)27-17-23(36)11-13-29-27/h1-17,33-34H,(H,28,35)(H,29,36). The molecule has 0 spiro atoms. The Morgan fingerprint density at radius 1 is 0.583 bits per heavy atom. The lowest BCUT2D eigenvalue weighted by Crippen LogP contribution is -2.18. The number of aromatic nitrogens is 3. The first-order valence-electron chi connectivity index (χ1n) is 11.0. The summed E-state index contributed by atoms with van der Waals surface area (Å²) < 4.78 is 0. The molecule has 3 heterocycles. The van der Waals surface area contributed by atoms with Gasteiger partial charge in [0.2, 0.25) is 0 Å². The molecule has 0 amide bonds. The number of aromatic amines is 2. The predicted molar refractivity (Wildman–Crippen MR) is 138 cm³/mol. The van der Waals surface area contributed by atoms with Crippen molar-refractivity contribution in [1.82, 2.24) is 15.0 Å².